The summed E-state index contributed by atoms with van der Waals surface area (Å²) in [6.07, 6.45) is 2.19. The van der Waals surface area contributed by atoms with Crippen molar-refractivity contribution in [2.75, 3.05) is 13.7 Å². The van der Waals surface area contributed by atoms with Gasteiger partial charge < -0.3 is 10.1 Å². The largest absolute Gasteiger partial charge is 0.496 e. The van der Waals surface area contributed by atoms with Gasteiger partial charge in [0.2, 0.25) is 0 Å². The highest BCUT2D eigenvalue weighted by molar-refractivity contribution is 5.34. The maximum Gasteiger partial charge on any atom is 0.122 e. The van der Waals surface area contributed by atoms with Crippen molar-refractivity contribution in [3.8, 4) is 5.75 Å². The molecule has 0 aliphatic carbocycles. The van der Waals surface area contributed by atoms with Gasteiger partial charge in [-0.1, -0.05) is 32.0 Å². The molecule has 0 spiro atoms. The fraction of sp³-hybridized carbons (Fsp3) is 0.647. The number of rotatable bonds is 6. The standard InChI is InChI=1S/C17H29NO/c1-7-17(5,13-18-16(2,3)4)12-14-10-8-9-11-15(14)19-6/h8-11,18H,7,12-13H2,1-6H3. The average Bonchev–Trinajstić information content (AvgIpc) is 2.36. The highest BCUT2D eigenvalue weighted by Gasteiger charge is 2.25. The Bertz CT molecular complexity index is 394. The topological polar surface area (TPSA) is 21.3 Å². The van der Waals surface area contributed by atoms with Crippen molar-refractivity contribution >= 4 is 0 Å². The molecule has 0 radical (unpaired) electrons. The molecule has 1 atom stereocenters. The van der Waals surface area contributed by atoms with Crippen molar-refractivity contribution in [2.24, 2.45) is 5.41 Å². The zero-order chi connectivity index (χ0) is 14.5. The molecular weight excluding hydrogens is 234 g/mol. The van der Waals surface area contributed by atoms with E-state index in [1.165, 1.54) is 5.56 Å². The van der Waals surface area contributed by atoms with Gasteiger partial charge in [0.1, 0.15) is 5.75 Å². The van der Waals surface area contributed by atoms with Crippen LogP contribution in [0.4, 0.5) is 0 Å². The first-order valence-electron chi connectivity index (χ1n) is 7.16. The molecule has 0 saturated heterocycles. The van der Waals surface area contributed by atoms with E-state index in [0.717, 1.165) is 25.1 Å². The zero-order valence-electron chi connectivity index (χ0n) is 13.3. The van der Waals surface area contributed by atoms with Crippen LogP contribution in [0.3, 0.4) is 0 Å². The highest BCUT2D eigenvalue weighted by atomic mass is 16.5. The SMILES string of the molecule is CCC(C)(CNC(C)(C)C)Cc1ccccc1OC. The van der Waals surface area contributed by atoms with Gasteiger partial charge in [0.05, 0.1) is 7.11 Å². The van der Waals surface area contributed by atoms with E-state index >= 15 is 0 Å². The molecule has 0 aliphatic rings. The van der Waals surface area contributed by atoms with E-state index in [2.05, 4.69) is 52.1 Å². The van der Waals surface area contributed by atoms with Crippen LogP contribution in [-0.4, -0.2) is 19.2 Å². The van der Waals surface area contributed by atoms with Crippen LogP contribution in [-0.2, 0) is 6.42 Å². The number of benzene rings is 1. The first-order valence-corrected chi connectivity index (χ1v) is 7.16. The molecule has 1 aromatic carbocycles. The van der Waals surface area contributed by atoms with E-state index in [1.807, 2.05) is 12.1 Å². The summed E-state index contributed by atoms with van der Waals surface area (Å²) < 4.78 is 5.46. The molecule has 108 valence electrons. The summed E-state index contributed by atoms with van der Waals surface area (Å²) in [6, 6.07) is 8.33. The van der Waals surface area contributed by atoms with E-state index in [4.69, 9.17) is 4.74 Å². The summed E-state index contributed by atoms with van der Waals surface area (Å²) in [7, 11) is 1.75. The third-order valence-electron chi connectivity index (χ3n) is 3.71. The lowest BCUT2D eigenvalue weighted by molar-refractivity contribution is 0.252. The summed E-state index contributed by atoms with van der Waals surface area (Å²) in [6.45, 7) is 12.3. The van der Waals surface area contributed by atoms with Crippen molar-refractivity contribution in [3.63, 3.8) is 0 Å². The Morgan fingerprint density at radius 1 is 1.11 bits per heavy atom. The van der Waals surface area contributed by atoms with E-state index in [-0.39, 0.29) is 11.0 Å². The second-order valence-electron chi connectivity index (χ2n) is 6.76. The Morgan fingerprint density at radius 2 is 1.74 bits per heavy atom. The summed E-state index contributed by atoms with van der Waals surface area (Å²) in [5.41, 5.74) is 1.71. The van der Waals surface area contributed by atoms with E-state index in [9.17, 15) is 0 Å². The molecule has 0 saturated carbocycles. The van der Waals surface area contributed by atoms with Gasteiger partial charge in [0, 0.05) is 12.1 Å². The maximum atomic E-state index is 5.46. The minimum atomic E-state index is 0.164. The van der Waals surface area contributed by atoms with Crippen molar-refractivity contribution in [1.29, 1.82) is 0 Å². The van der Waals surface area contributed by atoms with Crippen LogP contribution in [0.5, 0.6) is 5.75 Å². The number of nitrogens with one attached hydrogen (secondary N) is 1. The molecule has 2 nitrogen and oxygen atoms in total. The van der Waals surface area contributed by atoms with Gasteiger partial charge in [0.25, 0.3) is 0 Å². The predicted molar refractivity (Wildman–Crippen MR) is 82.9 cm³/mol. The Kier molecular flexibility index (Phi) is 5.42. The van der Waals surface area contributed by atoms with Gasteiger partial charge in [-0.05, 0) is 50.7 Å². The number of ether oxygens (including phenoxy) is 1. The van der Waals surface area contributed by atoms with Crippen molar-refractivity contribution in [1.82, 2.24) is 5.32 Å². The average molecular weight is 263 g/mol. The molecule has 0 heterocycles. The first kappa shape index (κ1) is 16.0. The fourth-order valence-corrected chi connectivity index (χ4v) is 2.10. The van der Waals surface area contributed by atoms with Gasteiger partial charge in [-0.2, -0.15) is 0 Å². The Labute approximate surface area is 118 Å². The predicted octanol–water partition coefficient (Wildman–Crippen LogP) is 4.04. The lowest BCUT2D eigenvalue weighted by Crippen LogP contribution is -2.43. The molecular formula is C17H29NO. The van der Waals surface area contributed by atoms with Crippen LogP contribution in [0.15, 0.2) is 24.3 Å². The van der Waals surface area contributed by atoms with Crippen molar-refractivity contribution in [3.05, 3.63) is 29.8 Å². The zero-order valence-corrected chi connectivity index (χ0v) is 13.3. The van der Waals surface area contributed by atoms with E-state index < -0.39 is 0 Å². The number of para-hydroxylation sites is 1. The van der Waals surface area contributed by atoms with Gasteiger partial charge in [-0.25, -0.2) is 0 Å². The molecule has 0 bridgehead atoms. The van der Waals surface area contributed by atoms with Gasteiger partial charge in [-0.15, -0.1) is 0 Å². The van der Waals surface area contributed by atoms with Crippen LogP contribution in [0.25, 0.3) is 0 Å². The Hall–Kier alpha value is -1.02. The summed E-state index contributed by atoms with van der Waals surface area (Å²) >= 11 is 0. The van der Waals surface area contributed by atoms with E-state index in [1.54, 1.807) is 7.11 Å². The van der Waals surface area contributed by atoms with Crippen LogP contribution in [0, 0.1) is 5.41 Å². The quantitative estimate of drug-likeness (QED) is 0.836. The van der Waals surface area contributed by atoms with E-state index in [0.29, 0.717) is 0 Å². The summed E-state index contributed by atoms with van der Waals surface area (Å²) in [5.74, 6) is 0.998. The lowest BCUT2D eigenvalue weighted by Gasteiger charge is -2.33. The number of methoxy groups -OCH3 is 1. The van der Waals surface area contributed by atoms with Gasteiger partial charge in [-0.3, -0.25) is 0 Å². The maximum absolute atomic E-state index is 5.46. The van der Waals surface area contributed by atoms with Gasteiger partial charge in [0.15, 0.2) is 0 Å². The summed E-state index contributed by atoms with van der Waals surface area (Å²) in [4.78, 5) is 0. The summed E-state index contributed by atoms with van der Waals surface area (Å²) in [5, 5.41) is 3.63. The molecule has 19 heavy (non-hydrogen) atoms. The molecule has 1 N–H and O–H groups in total. The molecule has 1 aromatic rings. The third-order valence-corrected chi connectivity index (χ3v) is 3.71. The molecule has 0 fully saturated rings. The van der Waals surface area contributed by atoms with Crippen LogP contribution in [0.2, 0.25) is 0 Å². The molecule has 0 amide bonds. The van der Waals surface area contributed by atoms with Gasteiger partial charge >= 0.3 is 0 Å². The Morgan fingerprint density at radius 3 is 2.26 bits per heavy atom. The smallest absolute Gasteiger partial charge is 0.122 e. The second kappa shape index (κ2) is 6.42. The molecule has 1 unspecified atom stereocenters. The molecule has 0 aliphatic heterocycles. The molecule has 2 heteroatoms. The third kappa shape index (κ3) is 5.23. The van der Waals surface area contributed by atoms with Crippen molar-refractivity contribution in [2.45, 2.75) is 53.0 Å². The first-order chi connectivity index (χ1) is 8.79. The minimum Gasteiger partial charge on any atom is -0.496 e. The van der Waals surface area contributed by atoms with Crippen LogP contribution in [0.1, 0.15) is 46.6 Å². The minimum absolute atomic E-state index is 0.164. The molecule has 1 rings (SSSR count). The van der Waals surface area contributed by atoms with Crippen LogP contribution >= 0.6 is 0 Å². The molecule has 0 aromatic heterocycles. The highest BCUT2D eigenvalue weighted by Crippen LogP contribution is 2.30. The monoisotopic (exact) mass is 263 g/mol. The van der Waals surface area contributed by atoms with Crippen molar-refractivity contribution < 1.29 is 4.74 Å². The van der Waals surface area contributed by atoms with Crippen LogP contribution < -0.4 is 10.1 Å². The number of hydrogen-bond donors (Lipinski definition) is 1. The second-order valence-corrected chi connectivity index (χ2v) is 6.76. The lowest BCUT2D eigenvalue weighted by atomic mass is 9.80. The fourth-order valence-electron chi connectivity index (χ4n) is 2.10. The Balaban J connectivity index is 2.80. The number of hydrogen-bond acceptors (Lipinski definition) is 2. The normalized spacial score (nSPS) is 15.1.